The summed E-state index contributed by atoms with van der Waals surface area (Å²) in [7, 11) is 0. The number of carbonyl (C=O) groups is 1. The Bertz CT molecular complexity index is 223. The molecule has 1 rings (SSSR count). The molecular formula is C11H21NO2S. The Kier molecular flexibility index (Phi) is 4.46. The van der Waals surface area contributed by atoms with Gasteiger partial charge >= 0.3 is 5.97 Å². The van der Waals surface area contributed by atoms with E-state index < -0.39 is 0 Å². The quantitative estimate of drug-likeness (QED) is 0.573. The van der Waals surface area contributed by atoms with E-state index in [1.165, 1.54) is 0 Å². The van der Waals surface area contributed by atoms with Gasteiger partial charge < -0.3 is 10.1 Å². The van der Waals surface area contributed by atoms with Crippen LogP contribution in [0.15, 0.2) is 0 Å². The van der Waals surface area contributed by atoms with Crippen molar-refractivity contribution in [3.8, 4) is 0 Å². The van der Waals surface area contributed by atoms with Gasteiger partial charge in [-0.2, -0.15) is 12.6 Å². The van der Waals surface area contributed by atoms with Crippen LogP contribution in [0.1, 0.15) is 33.6 Å². The van der Waals surface area contributed by atoms with E-state index in [9.17, 15) is 4.79 Å². The number of hydrogen-bond donors (Lipinski definition) is 2. The van der Waals surface area contributed by atoms with Gasteiger partial charge in [-0.1, -0.05) is 0 Å². The molecule has 1 heterocycles. The van der Waals surface area contributed by atoms with Crippen molar-refractivity contribution in [3.05, 3.63) is 0 Å². The maximum atomic E-state index is 11.5. The van der Waals surface area contributed by atoms with Crippen LogP contribution in [-0.4, -0.2) is 29.9 Å². The highest BCUT2D eigenvalue weighted by molar-refractivity contribution is 7.81. The van der Waals surface area contributed by atoms with Gasteiger partial charge in [-0.3, -0.25) is 4.79 Å². The molecule has 0 saturated carbocycles. The molecule has 2 atom stereocenters. The number of nitrogens with one attached hydrogen (secondary N) is 1. The maximum Gasteiger partial charge on any atom is 0.319 e. The molecule has 0 aromatic heterocycles. The second kappa shape index (κ2) is 5.21. The minimum Gasteiger partial charge on any atom is -0.459 e. The van der Waals surface area contributed by atoms with Crippen molar-refractivity contribution in [1.82, 2.24) is 5.32 Å². The molecule has 1 aliphatic heterocycles. The van der Waals surface area contributed by atoms with Crippen LogP contribution >= 0.6 is 12.6 Å². The van der Waals surface area contributed by atoms with Crippen LogP contribution in [0.4, 0.5) is 0 Å². The first-order chi connectivity index (χ1) is 6.93. The summed E-state index contributed by atoms with van der Waals surface area (Å²) in [4.78, 5) is 11.5. The molecular weight excluding hydrogens is 210 g/mol. The molecule has 4 heteroatoms. The SMILES string of the molecule is CC(S)C(=O)OC(C)(C)C1CCCNC1. The van der Waals surface area contributed by atoms with Crippen molar-refractivity contribution in [1.29, 1.82) is 0 Å². The number of thiol groups is 1. The van der Waals surface area contributed by atoms with Crippen LogP contribution in [0.2, 0.25) is 0 Å². The summed E-state index contributed by atoms with van der Waals surface area (Å²) in [6, 6.07) is 0. The van der Waals surface area contributed by atoms with Crippen LogP contribution in [0.3, 0.4) is 0 Å². The van der Waals surface area contributed by atoms with E-state index in [1.807, 2.05) is 13.8 Å². The van der Waals surface area contributed by atoms with Crippen molar-refractivity contribution in [2.24, 2.45) is 5.92 Å². The Morgan fingerprint density at radius 3 is 2.73 bits per heavy atom. The first-order valence-corrected chi connectivity index (χ1v) is 6.07. The first kappa shape index (κ1) is 12.8. The van der Waals surface area contributed by atoms with Crippen molar-refractivity contribution < 1.29 is 9.53 Å². The zero-order valence-corrected chi connectivity index (χ0v) is 10.6. The highest BCUT2D eigenvalue weighted by atomic mass is 32.1. The highest BCUT2D eigenvalue weighted by Crippen LogP contribution is 2.27. The number of carbonyl (C=O) groups excluding carboxylic acids is 1. The van der Waals surface area contributed by atoms with Gasteiger partial charge in [-0.05, 0) is 40.2 Å². The summed E-state index contributed by atoms with van der Waals surface area (Å²) < 4.78 is 5.48. The molecule has 0 radical (unpaired) electrons. The molecule has 0 spiro atoms. The topological polar surface area (TPSA) is 38.3 Å². The third kappa shape index (κ3) is 3.68. The molecule has 0 aromatic carbocycles. The summed E-state index contributed by atoms with van der Waals surface area (Å²) >= 11 is 4.08. The van der Waals surface area contributed by atoms with Gasteiger partial charge in [-0.25, -0.2) is 0 Å². The zero-order chi connectivity index (χ0) is 11.5. The third-order valence-corrected chi connectivity index (χ3v) is 3.20. The molecule has 0 aromatic rings. The number of hydrogen-bond acceptors (Lipinski definition) is 4. The minimum absolute atomic E-state index is 0.228. The Hall–Kier alpha value is -0.220. The van der Waals surface area contributed by atoms with E-state index in [1.54, 1.807) is 6.92 Å². The van der Waals surface area contributed by atoms with Crippen LogP contribution in [0.5, 0.6) is 0 Å². The molecule has 1 fully saturated rings. The Morgan fingerprint density at radius 2 is 2.27 bits per heavy atom. The standard InChI is InChI=1S/C11H21NO2S/c1-8(15)10(13)14-11(2,3)9-5-4-6-12-7-9/h8-9,12,15H,4-7H2,1-3H3. The number of esters is 1. The summed E-state index contributed by atoms with van der Waals surface area (Å²) in [5, 5.41) is 2.99. The molecule has 0 amide bonds. The van der Waals surface area contributed by atoms with Crippen LogP contribution in [0.25, 0.3) is 0 Å². The molecule has 15 heavy (non-hydrogen) atoms. The Morgan fingerprint density at radius 1 is 1.60 bits per heavy atom. The van der Waals surface area contributed by atoms with Crippen molar-refractivity contribution in [2.75, 3.05) is 13.1 Å². The first-order valence-electron chi connectivity index (χ1n) is 5.55. The lowest BCUT2D eigenvalue weighted by atomic mass is 9.85. The van der Waals surface area contributed by atoms with Gasteiger partial charge in [0.1, 0.15) is 5.60 Å². The van der Waals surface area contributed by atoms with Gasteiger partial charge in [0.15, 0.2) is 0 Å². The number of rotatable bonds is 3. The van der Waals surface area contributed by atoms with E-state index in [-0.39, 0.29) is 16.8 Å². The van der Waals surface area contributed by atoms with Crippen molar-refractivity contribution >= 4 is 18.6 Å². The van der Waals surface area contributed by atoms with E-state index in [0.717, 1.165) is 25.9 Å². The molecule has 2 unspecified atom stereocenters. The Labute approximate surface area is 97.4 Å². The summed E-state index contributed by atoms with van der Waals surface area (Å²) in [6.07, 6.45) is 2.27. The molecule has 1 aliphatic rings. The largest absolute Gasteiger partial charge is 0.459 e. The molecule has 88 valence electrons. The average Bonchev–Trinajstić information content (AvgIpc) is 2.18. The molecule has 1 saturated heterocycles. The fourth-order valence-corrected chi connectivity index (χ4v) is 1.93. The van der Waals surface area contributed by atoms with Crippen molar-refractivity contribution in [3.63, 3.8) is 0 Å². The van der Waals surface area contributed by atoms with Crippen molar-refractivity contribution in [2.45, 2.75) is 44.5 Å². The van der Waals surface area contributed by atoms with Gasteiger partial charge in [0.05, 0.1) is 5.25 Å². The molecule has 1 N–H and O–H groups in total. The van der Waals surface area contributed by atoms with Gasteiger partial charge in [0, 0.05) is 12.5 Å². The second-order valence-corrected chi connectivity index (χ2v) is 5.52. The summed E-state index contributed by atoms with van der Waals surface area (Å²) in [5.74, 6) is 0.177. The minimum atomic E-state index is -0.387. The van der Waals surface area contributed by atoms with E-state index in [4.69, 9.17) is 4.74 Å². The lowest BCUT2D eigenvalue weighted by Crippen LogP contribution is -2.45. The van der Waals surface area contributed by atoms with Gasteiger partial charge in [0.25, 0.3) is 0 Å². The fraction of sp³-hybridized carbons (Fsp3) is 0.909. The smallest absolute Gasteiger partial charge is 0.319 e. The van der Waals surface area contributed by atoms with E-state index in [0.29, 0.717) is 5.92 Å². The molecule has 0 bridgehead atoms. The number of ether oxygens (including phenoxy) is 1. The number of piperidine rings is 1. The molecule has 3 nitrogen and oxygen atoms in total. The predicted octanol–water partition coefficient (Wildman–Crippen LogP) is 1.63. The van der Waals surface area contributed by atoms with Gasteiger partial charge in [0.2, 0.25) is 0 Å². The maximum absolute atomic E-state index is 11.5. The van der Waals surface area contributed by atoms with E-state index in [2.05, 4.69) is 17.9 Å². The van der Waals surface area contributed by atoms with Crippen LogP contribution < -0.4 is 5.32 Å². The summed E-state index contributed by atoms with van der Waals surface area (Å²) in [6.45, 7) is 7.71. The fourth-order valence-electron chi connectivity index (χ4n) is 1.87. The lowest BCUT2D eigenvalue weighted by Gasteiger charge is -2.37. The van der Waals surface area contributed by atoms with Gasteiger partial charge in [-0.15, -0.1) is 0 Å². The third-order valence-electron chi connectivity index (χ3n) is 2.98. The molecule has 0 aliphatic carbocycles. The highest BCUT2D eigenvalue weighted by Gasteiger charge is 2.34. The normalized spacial score (nSPS) is 24.7. The van der Waals surface area contributed by atoms with Crippen LogP contribution in [0, 0.1) is 5.92 Å². The second-order valence-electron chi connectivity index (χ2n) is 4.74. The average molecular weight is 231 g/mol. The monoisotopic (exact) mass is 231 g/mol. The lowest BCUT2D eigenvalue weighted by molar-refractivity contribution is -0.161. The summed E-state index contributed by atoms with van der Waals surface area (Å²) in [5.41, 5.74) is -0.387. The predicted molar refractivity (Wildman–Crippen MR) is 64.2 cm³/mol. The Balaban J connectivity index is 2.52. The van der Waals surface area contributed by atoms with E-state index >= 15 is 0 Å². The van der Waals surface area contributed by atoms with Crippen LogP contribution in [-0.2, 0) is 9.53 Å². The zero-order valence-electron chi connectivity index (χ0n) is 9.75.